The van der Waals surface area contributed by atoms with E-state index in [4.69, 9.17) is 9.47 Å². The first-order valence-corrected chi connectivity index (χ1v) is 14.7. The molecule has 35 heavy (non-hydrogen) atoms. The van der Waals surface area contributed by atoms with E-state index in [1.807, 2.05) is 13.8 Å². The third-order valence-corrected chi connectivity index (χ3v) is 6.51. The Labute approximate surface area is 216 Å². The normalized spacial score (nSPS) is 11.2. The van der Waals surface area contributed by atoms with E-state index in [9.17, 15) is 9.90 Å². The summed E-state index contributed by atoms with van der Waals surface area (Å²) in [5.41, 5.74) is 0. The number of rotatable bonds is 23. The van der Waals surface area contributed by atoms with E-state index in [-0.39, 0.29) is 23.6 Å². The zero-order valence-electron chi connectivity index (χ0n) is 23.1. The summed E-state index contributed by atoms with van der Waals surface area (Å²) in [5, 5.41) is 9.92. The highest BCUT2D eigenvalue weighted by atomic mass is 16.5. The van der Waals surface area contributed by atoms with Crippen molar-refractivity contribution in [3.8, 4) is 17.2 Å². The van der Waals surface area contributed by atoms with Crippen molar-refractivity contribution in [2.75, 3.05) is 0 Å². The second-order valence-electron chi connectivity index (χ2n) is 10.4. The van der Waals surface area contributed by atoms with Crippen LogP contribution in [0.5, 0.6) is 17.2 Å². The van der Waals surface area contributed by atoms with E-state index in [1.54, 1.807) is 12.1 Å². The van der Waals surface area contributed by atoms with E-state index in [0.717, 1.165) is 12.8 Å². The smallest absolute Gasteiger partial charge is 0.311 e. The van der Waals surface area contributed by atoms with Gasteiger partial charge in [0, 0.05) is 12.5 Å². The van der Waals surface area contributed by atoms with Gasteiger partial charge < -0.3 is 14.6 Å². The topological polar surface area (TPSA) is 55.8 Å². The maximum absolute atomic E-state index is 12.1. The van der Waals surface area contributed by atoms with Crippen molar-refractivity contribution in [1.82, 2.24) is 0 Å². The van der Waals surface area contributed by atoms with Gasteiger partial charge in [-0.2, -0.15) is 0 Å². The van der Waals surface area contributed by atoms with E-state index in [1.165, 1.54) is 115 Å². The number of aromatic hydroxyl groups is 1. The van der Waals surface area contributed by atoms with Gasteiger partial charge in [0.2, 0.25) is 0 Å². The average Bonchev–Trinajstić information content (AvgIpc) is 2.82. The van der Waals surface area contributed by atoms with Gasteiger partial charge in [-0.05, 0) is 32.4 Å². The molecule has 202 valence electrons. The third-order valence-electron chi connectivity index (χ3n) is 6.51. The van der Waals surface area contributed by atoms with Gasteiger partial charge in [-0.15, -0.1) is 0 Å². The lowest BCUT2D eigenvalue weighted by atomic mass is 10.0. The van der Waals surface area contributed by atoms with Crippen LogP contribution in [0.15, 0.2) is 18.2 Å². The number of ether oxygens (including phenoxy) is 2. The molecule has 0 aliphatic heterocycles. The summed E-state index contributed by atoms with van der Waals surface area (Å²) in [4.78, 5) is 12.1. The lowest BCUT2D eigenvalue weighted by molar-refractivity contribution is -0.134. The number of phenolic OH excluding ortho intramolecular Hbond substituents is 1. The average molecular weight is 491 g/mol. The second-order valence-corrected chi connectivity index (χ2v) is 10.4. The first-order chi connectivity index (χ1) is 17.0. The first kappa shape index (κ1) is 31.3. The highest BCUT2D eigenvalue weighted by Gasteiger charge is 2.11. The SMILES string of the molecule is CCCCCCCCCCCCCCCCCCCCCC(=O)Oc1cc(OC(C)C)ccc1O. The molecule has 0 saturated heterocycles. The van der Waals surface area contributed by atoms with Crippen LogP contribution in [0.2, 0.25) is 0 Å². The van der Waals surface area contributed by atoms with Gasteiger partial charge in [0.25, 0.3) is 0 Å². The van der Waals surface area contributed by atoms with E-state index in [0.29, 0.717) is 12.2 Å². The van der Waals surface area contributed by atoms with Crippen LogP contribution in [-0.4, -0.2) is 17.2 Å². The zero-order valence-corrected chi connectivity index (χ0v) is 23.1. The largest absolute Gasteiger partial charge is 0.504 e. The molecule has 4 nitrogen and oxygen atoms in total. The molecule has 0 aromatic heterocycles. The van der Waals surface area contributed by atoms with Crippen molar-refractivity contribution >= 4 is 5.97 Å². The Bertz CT molecular complexity index is 641. The van der Waals surface area contributed by atoms with E-state index in [2.05, 4.69) is 6.92 Å². The minimum Gasteiger partial charge on any atom is -0.504 e. The van der Waals surface area contributed by atoms with Gasteiger partial charge >= 0.3 is 5.97 Å². The van der Waals surface area contributed by atoms with Crippen LogP contribution in [0, 0.1) is 0 Å². The third kappa shape index (κ3) is 18.3. The fourth-order valence-corrected chi connectivity index (χ4v) is 4.44. The molecule has 0 saturated carbocycles. The fraction of sp³-hybridized carbons (Fsp3) is 0.774. The number of carbonyl (C=O) groups excluding carboxylic acids is 1. The maximum Gasteiger partial charge on any atom is 0.311 e. The van der Waals surface area contributed by atoms with Gasteiger partial charge in [0.1, 0.15) is 5.75 Å². The summed E-state index contributed by atoms with van der Waals surface area (Å²) in [6, 6.07) is 4.74. The predicted molar refractivity (Wildman–Crippen MR) is 148 cm³/mol. The van der Waals surface area contributed by atoms with Crippen LogP contribution in [0.1, 0.15) is 149 Å². The summed E-state index contributed by atoms with van der Waals surface area (Å²) >= 11 is 0. The minimum atomic E-state index is -0.297. The Hall–Kier alpha value is -1.71. The molecular formula is C31H54O4. The minimum absolute atomic E-state index is 0.0210. The zero-order chi connectivity index (χ0) is 25.6. The Morgan fingerprint density at radius 2 is 1.14 bits per heavy atom. The number of esters is 1. The molecule has 0 aliphatic carbocycles. The van der Waals surface area contributed by atoms with E-state index < -0.39 is 0 Å². The van der Waals surface area contributed by atoms with Crippen molar-refractivity contribution < 1.29 is 19.4 Å². The Balaban J connectivity index is 1.89. The number of hydrogen-bond acceptors (Lipinski definition) is 4. The van der Waals surface area contributed by atoms with Crippen molar-refractivity contribution in [2.45, 2.75) is 155 Å². The molecule has 0 bridgehead atoms. The van der Waals surface area contributed by atoms with Crippen LogP contribution >= 0.6 is 0 Å². The molecule has 0 spiro atoms. The van der Waals surface area contributed by atoms with Crippen LogP contribution in [0.3, 0.4) is 0 Å². The number of benzene rings is 1. The maximum atomic E-state index is 12.1. The number of hydrogen-bond donors (Lipinski definition) is 1. The molecule has 0 radical (unpaired) electrons. The van der Waals surface area contributed by atoms with Crippen molar-refractivity contribution in [1.29, 1.82) is 0 Å². The number of carbonyl (C=O) groups is 1. The van der Waals surface area contributed by atoms with Gasteiger partial charge in [-0.1, -0.05) is 122 Å². The Morgan fingerprint density at radius 3 is 1.57 bits per heavy atom. The fourth-order valence-electron chi connectivity index (χ4n) is 4.44. The van der Waals surface area contributed by atoms with Crippen LogP contribution < -0.4 is 9.47 Å². The molecule has 0 fully saturated rings. The molecule has 4 heteroatoms. The molecule has 0 amide bonds. The standard InChI is InChI=1S/C31H54O4/c1-4-5-6-7-8-9-10-11-12-13-14-15-16-17-18-19-20-21-22-23-31(33)35-30-26-28(34-27(2)3)24-25-29(30)32/h24-27,32H,4-23H2,1-3H3. The van der Waals surface area contributed by atoms with Gasteiger partial charge in [-0.3, -0.25) is 4.79 Å². The quantitative estimate of drug-likeness (QED) is 0.0941. The van der Waals surface area contributed by atoms with Crippen LogP contribution in [0.25, 0.3) is 0 Å². The van der Waals surface area contributed by atoms with Gasteiger partial charge in [0.05, 0.1) is 6.10 Å². The molecule has 0 heterocycles. The molecule has 0 unspecified atom stereocenters. The molecule has 0 atom stereocenters. The number of phenols is 1. The van der Waals surface area contributed by atoms with Crippen LogP contribution in [0.4, 0.5) is 0 Å². The molecule has 1 rings (SSSR count). The molecule has 0 aliphatic rings. The monoisotopic (exact) mass is 490 g/mol. The lowest BCUT2D eigenvalue weighted by Gasteiger charge is -2.12. The summed E-state index contributed by atoms with van der Waals surface area (Å²) in [5.74, 6) is 0.423. The van der Waals surface area contributed by atoms with Crippen molar-refractivity contribution in [3.63, 3.8) is 0 Å². The second kappa shape index (κ2) is 21.6. The predicted octanol–water partition coefficient (Wildman–Crippen LogP) is 9.91. The summed E-state index contributed by atoms with van der Waals surface area (Å²) < 4.78 is 10.9. The highest BCUT2D eigenvalue weighted by Crippen LogP contribution is 2.31. The summed E-state index contributed by atoms with van der Waals surface area (Å²) in [6.45, 7) is 6.14. The summed E-state index contributed by atoms with van der Waals surface area (Å²) in [6.07, 6.45) is 25.7. The highest BCUT2D eigenvalue weighted by molar-refractivity contribution is 5.73. The molecule has 1 aromatic carbocycles. The van der Waals surface area contributed by atoms with E-state index >= 15 is 0 Å². The Morgan fingerprint density at radius 1 is 0.714 bits per heavy atom. The lowest BCUT2D eigenvalue weighted by Crippen LogP contribution is -2.09. The van der Waals surface area contributed by atoms with Crippen molar-refractivity contribution in [2.24, 2.45) is 0 Å². The van der Waals surface area contributed by atoms with Gasteiger partial charge in [-0.25, -0.2) is 0 Å². The molecular weight excluding hydrogens is 436 g/mol. The summed E-state index contributed by atoms with van der Waals surface area (Å²) in [7, 11) is 0. The molecule has 1 aromatic rings. The molecule has 1 N–H and O–H groups in total. The first-order valence-electron chi connectivity index (χ1n) is 14.7. The van der Waals surface area contributed by atoms with Crippen LogP contribution in [-0.2, 0) is 4.79 Å². The van der Waals surface area contributed by atoms with Gasteiger partial charge in [0.15, 0.2) is 11.5 Å². The Kier molecular flexibility index (Phi) is 19.3. The number of unbranched alkanes of at least 4 members (excludes halogenated alkanes) is 18. The van der Waals surface area contributed by atoms with Crippen molar-refractivity contribution in [3.05, 3.63) is 18.2 Å².